The summed E-state index contributed by atoms with van der Waals surface area (Å²) in [7, 11) is 0. The number of hydrogen-bond acceptors (Lipinski definition) is 4. The van der Waals surface area contributed by atoms with E-state index in [4.69, 9.17) is 14.9 Å². The Morgan fingerprint density at radius 2 is 1.02 bits per heavy atom. The van der Waals surface area contributed by atoms with E-state index in [1.807, 2.05) is 0 Å². The van der Waals surface area contributed by atoms with Crippen molar-refractivity contribution in [2.45, 2.75) is 193 Å². The molecule has 244 valence electrons. The van der Waals surface area contributed by atoms with E-state index in [2.05, 4.69) is 26.0 Å². The zero-order valence-corrected chi connectivity index (χ0v) is 27.7. The van der Waals surface area contributed by atoms with E-state index >= 15 is 0 Å². The van der Waals surface area contributed by atoms with Gasteiger partial charge in [0.1, 0.15) is 11.9 Å². The molecule has 4 nitrogen and oxygen atoms in total. The predicted molar refractivity (Wildman–Crippen MR) is 178 cm³/mol. The van der Waals surface area contributed by atoms with Crippen LogP contribution in [0.2, 0.25) is 0 Å². The van der Waals surface area contributed by atoms with Gasteiger partial charge in [-0.25, -0.2) is 0 Å². The number of allylic oxidation sites excluding steroid dienone is 2. The minimum Gasteiger partial charge on any atom is -0.394 e. The van der Waals surface area contributed by atoms with E-state index in [1.165, 1.54) is 122 Å². The number of hydrogen-bond donors (Lipinski definition) is 2. The Balaban J connectivity index is 3.82. The van der Waals surface area contributed by atoms with Crippen molar-refractivity contribution in [1.29, 1.82) is 0 Å². The fraction of sp³-hybridized carbons (Fsp3) is 0.919. The lowest BCUT2D eigenvalue weighted by molar-refractivity contribution is -0.123. The summed E-state index contributed by atoms with van der Waals surface area (Å²) in [5, 5.41) is 18.0. The Kier molecular flexibility index (Phi) is 33.2. The second kappa shape index (κ2) is 33.8. The largest absolute Gasteiger partial charge is 0.394 e. The number of unbranched alkanes of at least 4 members (excludes halogenated alkanes) is 20. The zero-order valence-electron chi connectivity index (χ0n) is 27.7. The first kappa shape index (κ1) is 40.3. The SMILES string of the molecule is CCCCCCCCCCCCCCCC(=O)C(CC/C=C\CCCCCCCCOC(CO)CO)CCCCC. The number of carbonyl (C=O) groups is 1. The highest BCUT2D eigenvalue weighted by Crippen LogP contribution is 2.21. The first-order chi connectivity index (χ1) is 20.2. The predicted octanol–water partition coefficient (Wildman–Crippen LogP) is 10.7. The molecule has 0 aliphatic carbocycles. The molecule has 0 aromatic carbocycles. The summed E-state index contributed by atoms with van der Waals surface area (Å²) >= 11 is 0. The average molecular weight is 581 g/mol. The van der Waals surface area contributed by atoms with E-state index in [-0.39, 0.29) is 19.1 Å². The van der Waals surface area contributed by atoms with E-state index < -0.39 is 6.10 Å². The summed E-state index contributed by atoms with van der Waals surface area (Å²) in [6.07, 6.45) is 37.7. The fourth-order valence-corrected chi connectivity index (χ4v) is 5.65. The molecule has 0 spiro atoms. The summed E-state index contributed by atoms with van der Waals surface area (Å²) in [5.41, 5.74) is 0. The fourth-order valence-electron chi connectivity index (χ4n) is 5.65. The van der Waals surface area contributed by atoms with Crippen molar-refractivity contribution in [3.05, 3.63) is 12.2 Å². The van der Waals surface area contributed by atoms with Gasteiger partial charge < -0.3 is 14.9 Å². The molecular weight excluding hydrogens is 508 g/mol. The standard InChI is InChI=1S/C37H72O4/c1-3-5-7-8-9-10-11-12-13-17-20-23-27-31-37(40)35(29-25-6-4-2)30-26-22-19-16-14-15-18-21-24-28-32-41-36(33-38)34-39/h19,22,35-36,38-39H,3-18,20-21,23-34H2,1-2H3/b22-19-. The van der Waals surface area contributed by atoms with Gasteiger partial charge in [0.2, 0.25) is 0 Å². The van der Waals surface area contributed by atoms with E-state index in [0.29, 0.717) is 12.4 Å². The van der Waals surface area contributed by atoms with Crippen LogP contribution in [-0.4, -0.2) is 41.9 Å². The second-order valence-corrected chi connectivity index (χ2v) is 12.5. The van der Waals surface area contributed by atoms with E-state index in [0.717, 1.165) is 51.4 Å². The molecule has 0 aromatic heterocycles. The normalized spacial score (nSPS) is 12.6. The molecular formula is C37H72O4. The van der Waals surface area contributed by atoms with Crippen LogP contribution in [0, 0.1) is 5.92 Å². The molecule has 0 heterocycles. The summed E-state index contributed by atoms with van der Waals surface area (Å²) in [6, 6.07) is 0. The lowest BCUT2D eigenvalue weighted by Crippen LogP contribution is -2.22. The van der Waals surface area contributed by atoms with Gasteiger partial charge in [0.05, 0.1) is 13.2 Å². The van der Waals surface area contributed by atoms with Crippen LogP contribution in [-0.2, 0) is 9.53 Å². The summed E-state index contributed by atoms with van der Waals surface area (Å²) < 4.78 is 5.41. The molecule has 0 bridgehead atoms. The Labute approximate surface area is 256 Å². The highest BCUT2D eigenvalue weighted by atomic mass is 16.5. The Morgan fingerprint density at radius 1 is 0.561 bits per heavy atom. The molecule has 4 heteroatoms. The number of ether oxygens (including phenoxy) is 1. The molecule has 0 aliphatic heterocycles. The first-order valence-electron chi connectivity index (χ1n) is 18.2. The minimum absolute atomic E-state index is 0.112. The van der Waals surface area contributed by atoms with Gasteiger partial charge >= 0.3 is 0 Å². The second-order valence-electron chi connectivity index (χ2n) is 12.5. The van der Waals surface area contributed by atoms with Gasteiger partial charge in [-0.15, -0.1) is 0 Å². The van der Waals surface area contributed by atoms with Crippen molar-refractivity contribution in [3.8, 4) is 0 Å². The molecule has 0 saturated heterocycles. The third kappa shape index (κ3) is 29.2. The van der Waals surface area contributed by atoms with Gasteiger partial charge in [-0.3, -0.25) is 4.79 Å². The number of Topliss-reactive ketones (excluding diaryl/α,β-unsaturated/α-hetero) is 1. The maximum Gasteiger partial charge on any atom is 0.135 e. The highest BCUT2D eigenvalue weighted by Gasteiger charge is 2.16. The smallest absolute Gasteiger partial charge is 0.135 e. The quantitative estimate of drug-likeness (QED) is 0.0587. The average Bonchev–Trinajstić information content (AvgIpc) is 2.98. The Hall–Kier alpha value is -0.710. The molecule has 0 fully saturated rings. The molecule has 0 rings (SSSR count). The van der Waals surface area contributed by atoms with Crippen LogP contribution in [0.4, 0.5) is 0 Å². The number of rotatable bonds is 34. The number of ketones is 1. The lowest BCUT2D eigenvalue weighted by atomic mass is 9.89. The number of aliphatic hydroxyl groups is 2. The van der Waals surface area contributed by atoms with Gasteiger partial charge in [0, 0.05) is 18.9 Å². The number of carbonyl (C=O) groups excluding carboxylic acids is 1. The lowest BCUT2D eigenvalue weighted by Gasteiger charge is -2.15. The molecule has 41 heavy (non-hydrogen) atoms. The van der Waals surface area contributed by atoms with Gasteiger partial charge in [0.25, 0.3) is 0 Å². The van der Waals surface area contributed by atoms with Crippen molar-refractivity contribution in [2.24, 2.45) is 5.92 Å². The summed E-state index contributed by atoms with van der Waals surface area (Å²) in [6.45, 7) is 4.93. The van der Waals surface area contributed by atoms with Crippen molar-refractivity contribution in [1.82, 2.24) is 0 Å². The van der Waals surface area contributed by atoms with Crippen LogP contribution in [0.25, 0.3) is 0 Å². The molecule has 0 amide bonds. The Bertz CT molecular complexity index is 543. The van der Waals surface area contributed by atoms with Crippen LogP contribution in [0.15, 0.2) is 12.2 Å². The molecule has 1 unspecified atom stereocenters. The maximum atomic E-state index is 13.0. The topological polar surface area (TPSA) is 66.8 Å². The molecule has 1 atom stereocenters. The number of aliphatic hydroxyl groups excluding tert-OH is 2. The monoisotopic (exact) mass is 581 g/mol. The third-order valence-electron chi connectivity index (χ3n) is 8.51. The summed E-state index contributed by atoms with van der Waals surface area (Å²) in [4.78, 5) is 13.0. The van der Waals surface area contributed by atoms with E-state index in [9.17, 15) is 4.79 Å². The van der Waals surface area contributed by atoms with Crippen LogP contribution in [0.1, 0.15) is 187 Å². The summed E-state index contributed by atoms with van der Waals surface area (Å²) in [5.74, 6) is 0.809. The zero-order chi connectivity index (χ0) is 30.1. The van der Waals surface area contributed by atoms with Crippen molar-refractivity contribution in [3.63, 3.8) is 0 Å². The minimum atomic E-state index is -0.421. The van der Waals surface area contributed by atoms with Crippen LogP contribution < -0.4 is 0 Å². The van der Waals surface area contributed by atoms with Crippen molar-refractivity contribution in [2.75, 3.05) is 19.8 Å². The van der Waals surface area contributed by atoms with Crippen LogP contribution >= 0.6 is 0 Å². The van der Waals surface area contributed by atoms with Crippen LogP contribution in [0.3, 0.4) is 0 Å². The molecule has 0 saturated carbocycles. The molecule has 2 N–H and O–H groups in total. The van der Waals surface area contributed by atoms with Gasteiger partial charge in [-0.05, 0) is 44.9 Å². The first-order valence-corrected chi connectivity index (χ1v) is 18.2. The van der Waals surface area contributed by atoms with Gasteiger partial charge in [-0.1, -0.05) is 148 Å². The maximum absolute atomic E-state index is 13.0. The molecule has 0 aliphatic rings. The third-order valence-corrected chi connectivity index (χ3v) is 8.51. The van der Waals surface area contributed by atoms with Crippen molar-refractivity contribution < 1.29 is 19.7 Å². The Morgan fingerprint density at radius 3 is 1.59 bits per heavy atom. The highest BCUT2D eigenvalue weighted by molar-refractivity contribution is 5.80. The van der Waals surface area contributed by atoms with E-state index in [1.54, 1.807) is 0 Å². The van der Waals surface area contributed by atoms with Gasteiger partial charge in [-0.2, -0.15) is 0 Å². The molecule has 0 aromatic rings. The molecule has 0 radical (unpaired) electrons. The van der Waals surface area contributed by atoms with Gasteiger partial charge in [0.15, 0.2) is 0 Å². The van der Waals surface area contributed by atoms with Crippen molar-refractivity contribution >= 4 is 5.78 Å². The van der Waals surface area contributed by atoms with Crippen LogP contribution in [0.5, 0.6) is 0 Å².